The number of nitrogens with zero attached hydrogens (tertiary/aromatic N) is 2. The molecule has 1 heterocycles. The van der Waals surface area contributed by atoms with Crippen LogP contribution in [0.5, 0.6) is 0 Å². The molecule has 0 atom stereocenters. The number of nitrogens with one attached hydrogen (secondary N) is 2. The molecule has 2 N–H and O–H groups in total. The van der Waals surface area contributed by atoms with Gasteiger partial charge in [-0.15, -0.1) is 11.6 Å². The van der Waals surface area contributed by atoms with Crippen LogP contribution in [0, 0.1) is 11.3 Å². The van der Waals surface area contributed by atoms with Gasteiger partial charge in [-0.25, -0.2) is 0 Å². The smallest absolute Gasteiger partial charge is 0.288 e. The van der Waals surface area contributed by atoms with Gasteiger partial charge in [-0.2, -0.15) is 5.26 Å². The molecule has 1 aliphatic rings. The van der Waals surface area contributed by atoms with E-state index in [-0.39, 0.29) is 35.6 Å². The monoisotopic (exact) mass is 330 g/mol. The van der Waals surface area contributed by atoms with E-state index in [1.807, 2.05) is 0 Å². The van der Waals surface area contributed by atoms with Crippen LogP contribution >= 0.6 is 23.4 Å². The number of rotatable bonds is 8. The van der Waals surface area contributed by atoms with Gasteiger partial charge >= 0.3 is 0 Å². The normalized spacial score (nSPS) is 15.0. The number of imide groups is 1. The van der Waals surface area contributed by atoms with Crippen LogP contribution in [0.15, 0.2) is 11.8 Å². The fourth-order valence-electron chi connectivity index (χ4n) is 1.46. The molecular formula is C12H15ClN4O3S. The molecule has 9 heteroatoms. The molecule has 1 saturated heterocycles. The zero-order valence-corrected chi connectivity index (χ0v) is 12.8. The Morgan fingerprint density at radius 3 is 2.81 bits per heavy atom. The number of nitriles is 1. The molecule has 21 heavy (non-hydrogen) atoms. The van der Waals surface area contributed by atoms with E-state index in [9.17, 15) is 14.4 Å². The summed E-state index contributed by atoms with van der Waals surface area (Å²) in [5, 5.41) is 13.9. The second-order valence-corrected chi connectivity index (χ2v) is 5.33. The minimum Gasteiger partial charge on any atom is -0.388 e. The molecule has 0 radical (unpaired) electrons. The predicted molar refractivity (Wildman–Crippen MR) is 79.6 cm³/mol. The third-order valence-electron chi connectivity index (χ3n) is 2.53. The third kappa shape index (κ3) is 5.65. The van der Waals surface area contributed by atoms with Crippen LogP contribution in [0.2, 0.25) is 0 Å². The van der Waals surface area contributed by atoms with E-state index in [0.717, 1.165) is 16.7 Å². The second-order valence-electron chi connectivity index (χ2n) is 4.02. The average Bonchev–Trinajstić information content (AvgIpc) is 2.79. The molecule has 1 rings (SSSR count). The Morgan fingerprint density at radius 1 is 1.48 bits per heavy atom. The first kappa shape index (κ1) is 17.3. The Labute approximate surface area is 131 Å². The molecule has 0 saturated carbocycles. The first-order chi connectivity index (χ1) is 10.1. The molecule has 1 fully saturated rings. The zero-order chi connectivity index (χ0) is 15.7. The maximum atomic E-state index is 11.6. The quantitative estimate of drug-likeness (QED) is 0.289. The van der Waals surface area contributed by atoms with Crippen molar-refractivity contribution in [3.63, 3.8) is 0 Å². The van der Waals surface area contributed by atoms with Crippen molar-refractivity contribution in [2.75, 3.05) is 31.3 Å². The van der Waals surface area contributed by atoms with Crippen LogP contribution < -0.4 is 10.6 Å². The van der Waals surface area contributed by atoms with Crippen molar-refractivity contribution in [2.45, 2.75) is 6.42 Å². The molecule has 0 unspecified atom stereocenters. The van der Waals surface area contributed by atoms with Gasteiger partial charge in [0, 0.05) is 31.7 Å². The first-order valence-corrected chi connectivity index (χ1v) is 7.77. The fourth-order valence-corrected chi connectivity index (χ4v) is 2.35. The van der Waals surface area contributed by atoms with Gasteiger partial charge in [0.15, 0.2) is 0 Å². The topological polar surface area (TPSA) is 102 Å². The molecule has 7 nitrogen and oxygen atoms in total. The van der Waals surface area contributed by atoms with Crippen molar-refractivity contribution in [1.82, 2.24) is 15.5 Å². The molecule has 0 spiro atoms. The van der Waals surface area contributed by atoms with Crippen molar-refractivity contribution < 1.29 is 14.4 Å². The molecule has 0 aliphatic carbocycles. The standard InChI is InChI=1S/C12H15ClN4O3S/c13-2-1-3-16-11(19)9(6-14)7-15-4-5-17-10(18)8-21-12(17)20/h7,15H,1-5,8H2,(H,16,19)/b9-7-. The lowest BCUT2D eigenvalue weighted by atomic mass is 10.3. The maximum absolute atomic E-state index is 11.6. The number of carbonyl (C=O) groups is 3. The number of hydrogen-bond acceptors (Lipinski definition) is 6. The van der Waals surface area contributed by atoms with Gasteiger partial charge < -0.3 is 10.6 Å². The molecule has 0 bridgehead atoms. The SMILES string of the molecule is N#C/C(=C/NCCN1C(=O)CSC1=O)C(=O)NCCCCl. The van der Waals surface area contributed by atoms with E-state index in [4.69, 9.17) is 16.9 Å². The van der Waals surface area contributed by atoms with E-state index >= 15 is 0 Å². The number of carbonyl (C=O) groups excluding carboxylic acids is 3. The maximum Gasteiger partial charge on any atom is 0.288 e. The van der Waals surface area contributed by atoms with Gasteiger partial charge in [0.2, 0.25) is 5.91 Å². The average molecular weight is 331 g/mol. The molecule has 0 aromatic rings. The minimum atomic E-state index is -0.487. The molecular weight excluding hydrogens is 316 g/mol. The summed E-state index contributed by atoms with van der Waals surface area (Å²) < 4.78 is 0. The zero-order valence-electron chi connectivity index (χ0n) is 11.2. The summed E-state index contributed by atoms with van der Waals surface area (Å²) in [5.74, 6) is -0.115. The van der Waals surface area contributed by atoms with E-state index in [0.29, 0.717) is 18.8 Å². The Bertz CT molecular complexity index is 473. The van der Waals surface area contributed by atoms with Crippen LogP contribution in [0.3, 0.4) is 0 Å². The number of amides is 3. The van der Waals surface area contributed by atoms with Crippen molar-refractivity contribution >= 4 is 40.4 Å². The van der Waals surface area contributed by atoms with Crippen molar-refractivity contribution in [3.05, 3.63) is 11.8 Å². The summed E-state index contributed by atoms with van der Waals surface area (Å²) >= 11 is 6.45. The van der Waals surface area contributed by atoms with E-state index in [1.165, 1.54) is 6.20 Å². The second kappa shape index (κ2) is 9.26. The summed E-state index contributed by atoms with van der Waals surface area (Å²) in [6.45, 7) is 0.876. The summed E-state index contributed by atoms with van der Waals surface area (Å²) in [6.07, 6.45) is 1.89. The summed E-state index contributed by atoms with van der Waals surface area (Å²) in [7, 11) is 0. The van der Waals surface area contributed by atoms with Crippen LogP contribution in [0.25, 0.3) is 0 Å². The third-order valence-corrected chi connectivity index (χ3v) is 3.65. The Morgan fingerprint density at radius 2 is 2.24 bits per heavy atom. The lowest BCUT2D eigenvalue weighted by molar-refractivity contribution is -0.124. The van der Waals surface area contributed by atoms with Gasteiger partial charge in [-0.05, 0) is 6.42 Å². The summed E-state index contributed by atoms with van der Waals surface area (Å²) in [5.41, 5.74) is -0.0713. The molecule has 0 aromatic carbocycles. The van der Waals surface area contributed by atoms with Crippen molar-refractivity contribution in [1.29, 1.82) is 5.26 Å². The van der Waals surface area contributed by atoms with Gasteiger partial charge in [0.1, 0.15) is 11.6 Å². The fraction of sp³-hybridized carbons (Fsp3) is 0.500. The molecule has 3 amide bonds. The highest BCUT2D eigenvalue weighted by atomic mass is 35.5. The summed E-state index contributed by atoms with van der Waals surface area (Å²) in [6, 6.07) is 1.78. The highest BCUT2D eigenvalue weighted by Crippen LogP contribution is 2.17. The molecule has 1 aliphatic heterocycles. The molecule has 0 aromatic heterocycles. The Hall–Kier alpha value is -1.72. The van der Waals surface area contributed by atoms with Crippen LogP contribution in [-0.2, 0) is 9.59 Å². The van der Waals surface area contributed by atoms with Crippen molar-refractivity contribution in [3.8, 4) is 6.07 Å². The highest BCUT2D eigenvalue weighted by molar-refractivity contribution is 8.14. The Balaban J connectivity index is 2.36. The number of hydrogen-bond donors (Lipinski definition) is 2. The van der Waals surface area contributed by atoms with Gasteiger partial charge in [-0.1, -0.05) is 11.8 Å². The lowest BCUT2D eigenvalue weighted by Gasteiger charge is -2.12. The largest absolute Gasteiger partial charge is 0.388 e. The van der Waals surface area contributed by atoms with Crippen LogP contribution in [-0.4, -0.2) is 53.2 Å². The molecule has 114 valence electrons. The van der Waals surface area contributed by atoms with E-state index in [2.05, 4.69) is 10.6 Å². The van der Waals surface area contributed by atoms with Gasteiger partial charge in [-0.3, -0.25) is 19.3 Å². The van der Waals surface area contributed by atoms with Gasteiger partial charge in [0.25, 0.3) is 11.1 Å². The summed E-state index contributed by atoms with van der Waals surface area (Å²) in [4.78, 5) is 35.4. The number of alkyl halides is 1. The van der Waals surface area contributed by atoms with Crippen LogP contribution in [0.1, 0.15) is 6.42 Å². The first-order valence-electron chi connectivity index (χ1n) is 6.25. The highest BCUT2D eigenvalue weighted by Gasteiger charge is 2.28. The van der Waals surface area contributed by atoms with E-state index < -0.39 is 5.91 Å². The van der Waals surface area contributed by atoms with Crippen molar-refractivity contribution in [2.24, 2.45) is 0 Å². The Kier molecular flexibility index (Phi) is 7.64. The number of halogens is 1. The van der Waals surface area contributed by atoms with Crippen LogP contribution in [0.4, 0.5) is 4.79 Å². The van der Waals surface area contributed by atoms with E-state index in [1.54, 1.807) is 6.07 Å². The predicted octanol–water partition coefficient (Wildman–Crippen LogP) is 0.424. The lowest BCUT2D eigenvalue weighted by Crippen LogP contribution is -2.34. The van der Waals surface area contributed by atoms with Gasteiger partial charge in [0.05, 0.1) is 5.75 Å². The minimum absolute atomic E-state index is 0.0713. The number of thioether (sulfide) groups is 1.